The normalized spacial score (nSPS) is 18.0. The van der Waals surface area contributed by atoms with Gasteiger partial charge in [-0.3, -0.25) is 9.97 Å². The van der Waals surface area contributed by atoms with Gasteiger partial charge >= 0.3 is 0 Å². The lowest BCUT2D eigenvalue weighted by Crippen LogP contribution is -2.36. The van der Waals surface area contributed by atoms with E-state index in [1.54, 1.807) is 0 Å². The Morgan fingerprint density at radius 1 is 0.917 bits per heavy atom. The Balaban J connectivity index is 2.74. The summed E-state index contributed by atoms with van der Waals surface area (Å²) in [7, 11) is 0. The number of aliphatic hydroxyl groups excluding tert-OH is 7. The van der Waals surface area contributed by atoms with E-state index in [2.05, 4.69) is 9.97 Å². The molecule has 0 aliphatic rings. The molecular weight excluding hydrogens is 324 g/mol. The van der Waals surface area contributed by atoms with Gasteiger partial charge in [-0.05, 0) is 0 Å². The van der Waals surface area contributed by atoms with E-state index in [0.29, 0.717) is 5.69 Å². The summed E-state index contributed by atoms with van der Waals surface area (Å²) in [5, 5.41) is 65.0. The first kappa shape index (κ1) is 20.8. The largest absolute Gasteiger partial charge is 0.394 e. The molecule has 0 aromatic carbocycles. The molecule has 0 aliphatic carbocycles. The Labute approximate surface area is 138 Å². The first-order valence-corrected chi connectivity index (χ1v) is 7.41. The Kier molecular flexibility index (Phi) is 9.18. The Hall–Kier alpha value is -1.24. The number of aromatic nitrogens is 2. The van der Waals surface area contributed by atoms with Crippen molar-refractivity contribution in [2.75, 3.05) is 26.4 Å². The first-order valence-electron chi connectivity index (χ1n) is 7.41. The van der Waals surface area contributed by atoms with Gasteiger partial charge in [0.15, 0.2) is 0 Å². The van der Waals surface area contributed by atoms with Crippen LogP contribution in [0.4, 0.5) is 0 Å². The molecule has 24 heavy (non-hydrogen) atoms. The second kappa shape index (κ2) is 10.6. The Bertz CT molecular complexity index is 461. The summed E-state index contributed by atoms with van der Waals surface area (Å²) >= 11 is 0. The zero-order valence-electron chi connectivity index (χ0n) is 13.0. The number of rotatable bonds is 11. The first-order chi connectivity index (χ1) is 11.4. The molecular formula is C14H24N2O8. The second-order valence-corrected chi connectivity index (χ2v) is 5.20. The molecule has 0 fully saturated rings. The molecule has 0 aliphatic heterocycles. The molecule has 1 heterocycles. The van der Waals surface area contributed by atoms with Crippen molar-refractivity contribution in [3.05, 3.63) is 23.8 Å². The molecule has 10 nitrogen and oxygen atoms in total. The highest BCUT2D eigenvalue weighted by Crippen LogP contribution is 2.17. The minimum absolute atomic E-state index is 0.00529. The second-order valence-electron chi connectivity index (χ2n) is 5.20. The van der Waals surface area contributed by atoms with Crippen LogP contribution in [0.5, 0.6) is 0 Å². The zero-order chi connectivity index (χ0) is 18.1. The zero-order valence-corrected chi connectivity index (χ0v) is 13.0. The lowest BCUT2D eigenvalue weighted by atomic mass is 10.1. The standard InChI is InChI=1S/C14H24N2O8/c17-1-2-24-12(10(20)6-18)3-8-4-16-9(5-15-8)13(22)14(23)11(21)7-19/h4-5,10-14,17-23H,1-3,6-7H2/t10-,11-,12-,13-,14-/m1/s1. The molecule has 0 amide bonds. The summed E-state index contributed by atoms with van der Waals surface area (Å²) in [5.74, 6) is 0. The predicted octanol–water partition coefficient (Wildman–Crippen LogP) is -3.50. The number of aliphatic hydroxyl groups is 7. The van der Waals surface area contributed by atoms with E-state index in [0.717, 1.165) is 0 Å². The van der Waals surface area contributed by atoms with Crippen LogP contribution in [0, 0.1) is 0 Å². The maximum absolute atomic E-state index is 9.86. The SMILES string of the molecule is OCCO[C@H](Cc1cnc([C@@H](O)[C@H](O)[C@H](O)CO)cn1)[C@H](O)CO. The van der Waals surface area contributed by atoms with Crippen molar-refractivity contribution in [3.8, 4) is 0 Å². The number of hydrogen-bond acceptors (Lipinski definition) is 10. The monoisotopic (exact) mass is 348 g/mol. The van der Waals surface area contributed by atoms with Crippen molar-refractivity contribution in [3.63, 3.8) is 0 Å². The summed E-state index contributed by atoms with van der Waals surface area (Å²) in [4.78, 5) is 7.94. The highest BCUT2D eigenvalue weighted by atomic mass is 16.5. The van der Waals surface area contributed by atoms with Crippen LogP contribution in [0.25, 0.3) is 0 Å². The highest BCUT2D eigenvalue weighted by Gasteiger charge is 2.27. The molecule has 0 saturated heterocycles. The number of ether oxygens (including phenoxy) is 1. The lowest BCUT2D eigenvalue weighted by Gasteiger charge is -2.22. The number of hydrogen-bond donors (Lipinski definition) is 7. The van der Waals surface area contributed by atoms with Gasteiger partial charge in [0.05, 0.1) is 50.1 Å². The summed E-state index contributed by atoms with van der Waals surface area (Å²) in [6.45, 7) is -1.49. The van der Waals surface area contributed by atoms with Crippen molar-refractivity contribution in [1.82, 2.24) is 9.97 Å². The molecule has 138 valence electrons. The van der Waals surface area contributed by atoms with Crippen molar-refractivity contribution in [2.24, 2.45) is 0 Å². The average Bonchev–Trinajstić information content (AvgIpc) is 2.62. The molecule has 1 aromatic rings. The fourth-order valence-electron chi connectivity index (χ4n) is 1.95. The van der Waals surface area contributed by atoms with E-state index >= 15 is 0 Å². The smallest absolute Gasteiger partial charge is 0.126 e. The van der Waals surface area contributed by atoms with Crippen LogP contribution in [0.3, 0.4) is 0 Å². The van der Waals surface area contributed by atoms with Crippen molar-refractivity contribution in [2.45, 2.75) is 36.9 Å². The molecule has 5 atom stereocenters. The van der Waals surface area contributed by atoms with Crippen LogP contribution in [-0.4, -0.2) is 96.6 Å². The average molecular weight is 348 g/mol. The van der Waals surface area contributed by atoms with Crippen molar-refractivity contribution < 1.29 is 40.5 Å². The van der Waals surface area contributed by atoms with Gasteiger partial charge in [-0.15, -0.1) is 0 Å². The summed E-state index contributed by atoms with van der Waals surface area (Å²) < 4.78 is 5.23. The highest BCUT2D eigenvalue weighted by molar-refractivity contribution is 5.08. The van der Waals surface area contributed by atoms with Crippen molar-refractivity contribution >= 4 is 0 Å². The summed E-state index contributed by atoms with van der Waals surface area (Å²) in [6, 6.07) is 0. The van der Waals surface area contributed by atoms with Crippen LogP contribution >= 0.6 is 0 Å². The van der Waals surface area contributed by atoms with Crippen LogP contribution in [-0.2, 0) is 11.2 Å². The summed E-state index contributed by atoms with van der Waals surface area (Å²) in [5.41, 5.74) is 0.382. The van der Waals surface area contributed by atoms with E-state index in [4.69, 9.17) is 20.1 Å². The topological polar surface area (TPSA) is 177 Å². The molecule has 1 rings (SSSR count). The fourth-order valence-corrected chi connectivity index (χ4v) is 1.95. The van der Waals surface area contributed by atoms with Gasteiger partial charge < -0.3 is 40.5 Å². The Morgan fingerprint density at radius 2 is 1.58 bits per heavy atom. The van der Waals surface area contributed by atoms with Crippen LogP contribution in [0.2, 0.25) is 0 Å². The Morgan fingerprint density at radius 3 is 2.08 bits per heavy atom. The molecule has 0 spiro atoms. The van der Waals surface area contributed by atoms with Crippen LogP contribution in [0.15, 0.2) is 12.4 Å². The minimum Gasteiger partial charge on any atom is -0.394 e. The molecule has 1 aromatic heterocycles. The fraction of sp³-hybridized carbons (Fsp3) is 0.714. The van der Waals surface area contributed by atoms with Gasteiger partial charge in [-0.1, -0.05) is 0 Å². The maximum Gasteiger partial charge on any atom is 0.126 e. The van der Waals surface area contributed by atoms with Gasteiger partial charge in [0.2, 0.25) is 0 Å². The van der Waals surface area contributed by atoms with Crippen molar-refractivity contribution in [1.29, 1.82) is 0 Å². The predicted molar refractivity (Wildman–Crippen MR) is 79.7 cm³/mol. The minimum atomic E-state index is -1.62. The third kappa shape index (κ3) is 6.00. The van der Waals surface area contributed by atoms with E-state index in [1.807, 2.05) is 0 Å². The molecule has 0 saturated carbocycles. The molecule has 0 bridgehead atoms. The quantitative estimate of drug-likeness (QED) is 0.212. The molecule has 0 radical (unpaired) electrons. The number of nitrogens with zero attached hydrogens (tertiary/aromatic N) is 2. The summed E-state index contributed by atoms with van der Waals surface area (Å²) in [6.07, 6.45) is -4.05. The maximum atomic E-state index is 9.86. The molecule has 7 N–H and O–H groups in total. The van der Waals surface area contributed by atoms with Crippen LogP contribution < -0.4 is 0 Å². The third-order valence-corrected chi connectivity index (χ3v) is 3.38. The van der Waals surface area contributed by atoms with E-state index in [-0.39, 0.29) is 25.3 Å². The van der Waals surface area contributed by atoms with Crippen LogP contribution in [0.1, 0.15) is 17.5 Å². The molecule has 0 unspecified atom stereocenters. The van der Waals surface area contributed by atoms with Gasteiger partial charge in [0, 0.05) is 12.6 Å². The van der Waals surface area contributed by atoms with E-state index in [9.17, 15) is 20.4 Å². The molecule has 10 heteroatoms. The van der Waals surface area contributed by atoms with E-state index in [1.165, 1.54) is 12.4 Å². The van der Waals surface area contributed by atoms with Gasteiger partial charge in [-0.2, -0.15) is 0 Å². The third-order valence-electron chi connectivity index (χ3n) is 3.38. The van der Waals surface area contributed by atoms with E-state index < -0.39 is 43.7 Å². The van der Waals surface area contributed by atoms with Gasteiger partial charge in [0.1, 0.15) is 24.4 Å². The van der Waals surface area contributed by atoms with Gasteiger partial charge in [0.25, 0.3) is 0 Å². The lowest BCUT2D eigenvalue weighted by molar-refractivity contribution is -0.0791. The van der Waals surface area contributed by atoms with Gasteiger partial charge in [-0.25, -0.2) is 0 Å².